The van der Waals surface area contributed by atoms with Crippen LogP contribution in [-0.2, 0) is 4.79 Å². The molecule has 2 heterocycles. The highest BCUT2D eigenvalue weighted by molar-refractivity contribution is 7.13. The molecule has 2 aromatic rings. The molecule has 5 nitrogen and oxygen atoms in total. The summed E-state index contributed by atoms with van der Waals surface area (Å²) in [5.74, 6) is 0.00911. The number of nitrogens with two attached hydrogens (primary N) is 1. The van der Waals surface area contributed by atoms with Crippen LogP contribution in [0.5, 0.6) is 0 Å². The van der Waals surface area contributed by atoms with E-state index >= 15 is 0 Å². The number of anilines is 1. The van der Waals surface area contributed by atoms with Crippen LogP contribution in [0.1, 0.15) is 23.6 Å². The molecular weight excluding hydrogens is 379 g/mol. The maximum atomic E-state index is 12.7. The maximum Gasteiger partial charge on any atom is 0.244 e. The molecule has 1 fully saturated rings. The summed E-state index contributed by atoms with van der Waals surface area (Å²) in [6.07, 6.45) is 2.76. The first-order chi connectivity index (χ1) is 11.1. The fourth-order valence-corrected chi connectivity index (χ4v) is 3.51. The molecule has 138 valence electrons. The van der Waals surface area contributed by atoms with Gasteiger partial charge in [-0.2, -0.15) is 0 Å². The third-order valence-corrected chi connectivity index (χ3v) is 5.03. The Morgan fingerprint density at radius 2 is 1.88 bits per heavy atom. The van der Waals surface area contributed by atoms with Gasteiger partial charge in [0, 0.05) is 37.8 Å². The smallest absolute Gasteiger partial charge is 0.244 e. The van der Waals surface area contributed by atoms with Crippen molar-refractivity contribution in [2.45, 2.75) is 19.4 Å². The lowest BCUT2D eigenvalue weighted by molar-refractivity contribution is -0.132. The van der Waals surface area contributed by atoms with Crippen LogP contribution >= 0.6 is 36.2 Å². The zero-order chi connectivity index (χ0) is 16.2. The molecule has 0 radical (unpaired) electrons. The average molecular weight is 403 g/mol. The molecule has 0 bridgehead atoms. The van der Waals surface area contributed by atoms with Gasteiger partial charge in [-0.05, 0) is 18.9 Å². The summed E-state index contributed by atoms with van der Waals surface area (Å²) in [5.41, 5.74) is 8.23. The Labute approximate surface area is 165 Å². The molecule has 0 aliphatic carbocycles. The van der Waals surface area contributed by atoms with E-state index in [-0.39, 0.29) is 30.7 Å². The molecule has 0 spiro atoms. The summed E-state index contributed by atoms with van der Waals surface area (Å²) < 4.78 is 0. The van der Waals surface area contributed by atoms with Gasteiger partial charge in [0.15, 0.2) is 5.13 Å². The predicted octanol–water partition coefficient (Wildman–Crippen LogP) is 3.03. The van der Waals surface area contributed by atoms with Crippen molar-refractivity contribution < 1.29 is 4.79 Å². The van der Waals surface area contributed by atoms with E-state index < -0.39 is 6.04 Å². The van der Waals surface area contributed by atoms with Crippen LogP contribution in [0.2, 0.25) is 0 Å². The number of thiazole rings is 1. The first-order valence-electron chi connectivity index (χ1n) is 7.90. The van der Waals surface area contributed by atoms with Gasteiger partial charge < -0.3 is 15.5 Å². The summed E-state index contributed by atoms with van der Waals surface area (Å²) >= 11 is 1.64. The number of rotatable bonds is 3. The standard InChI is InChI=1S/C17H22N4OS.2ClH/c1-13-3-5-14(6-4-13)15(18)16(22)20-8-2-9-21(11-10-20)17-19-7-12-23-17;;/h3-7,12,15H,2,8-11,18H2,1H3;2*1H. The van der Waals surface area contributed by atoms with Crippen molar-refractivity contribution in [3.63, 3.8) is 0 Å². The lowest BCUT2D eigenvalue weighted by Crippen LogP contribution is -2.40. The van der Waals surface area contributed by atoms with Crippen molar-refractivity contribution in [3.8, 4) is 0 Å². The molecule has 1 saturated heterocycles. The molecule has 2 N–H and O–H groups in total. The summed E-state index contributed by atoms with van der Waals surface area (Å²) in [7, 11) is 0. The maximum absolute atomic E-state index is 12.7. The monoisotopic (exact) mass is 402 g/mol. The molecule has 0 saturated carbocycles. The van der Waals surface area contributed by atoms with Gasteiger partial charge >= 0.3 is 0 Å². The van der Waals surface area contributed by atoms with Gasteiger partial charge in [-0.1, -0.05) is 29.8 Å². The quantitative estimate of drug-likeness (QED) is 0.856. The van der Waals surface area contributed by atoms with E-state index in [1.807, 2.05) is 47.7 Å². The Morgan fingerprint density at radius 3 is 2.52 bits per heavy atom. The van der Waals surface area contributed by atoms with E-state index in [0.29, 0.717) is 6.54 Å². The Morgan fingerprint density at radius 1 is 1.16 bits per heavy atom. The van der Waals surface area contributed by atoms with Gasteiger partial charge in [0.25, 0.3) is 0 Å². The normalized spacial score (nSPS) is 15.6. The average Bonchev–Trinajstić information content (AvgIpc) is 2.99. The third-order valence-electron chi connectivity index (χ3n) is 4.20. The largest absolute Gasteiger partial charge is 0.346 e. The van der Waals surface area contributed by atoms with Crippen LogP contribution in [0.25, 0.3) is 0 Å². The lowest BCUT2D eigenvalue weighted by atomic mass is 10.0. The van der Waals surface area contributed by atoms with Crippen molar-refractivity contribution in [2.24, 2.45) is 5.73 Å². The zero-order valence-corrected chi connectivity index (χ0v) is 16.6. The van der Waals surface area contributed by atoms with Crippen molar-refractivity contribution in [1.82, 2.24) is 9.88 Å². The number of aromatic nitrogens is 1. The summed E-state index contributed by atoms with van der Waals surface area (Å²) in [5, 5.41) is 3.01. The second-order valence-electron chi connectivity index (χ2n) is 5.87. The minimum absolute atomic E-state index is 0. The molecular formula is C17H24Cl2N4OS. The van der Waals surface area contributed by atoms with E-state index in [0.717, 1.165) is 36.8 Å². The number of carbonyl (C=O) groups is 1. The van der Waals surface area contributed by atoms with Gasteiger partial charge in [0.2, 0.25) is 5.91 Å². The van der Waals surface area contributed by atoms with Crippen molar-refractivity contribution in [1.29, 1.82) is 0 Å². The number of hydrogen-bond acceptors (Lipinski definition) is 5. The van der Waals surface area contributed by atoms with Crippen molar-refractivity contribution in [3.05, 3.63) is 47.0 Å². The van der Waals surface area contributed by atoms with Gasteiger partial charge in [0.05, 0.1) is 0 Å². The Hall–Kier alpha value is -1.34. The number of halogens is 2. The van der Waals surface area contributed by atoms with Crippen LogP contribution in [0.15, 0.2) is 35.8 Å². The van der Waals surface area contributed by atoms with Crippen LogP contribution < -0.4 is 10.6 Å². The molecule has 1 aromatic heterocycles. The molecule has 1 amide bonds. The number of amides is 1. The SMILES string of the molecule is Cc1ccc(C(N)C(=O)N2CCCN(c3nccs3)CC2)cc1.Cl.Cl. The second kappa shape index (κ2) is 9.97. The number of aryl methyl sites for hydroxylation is 1. The molecule has 1 aliphatic heterocycles. The van der Waals surface area contributed by atoms with Gasteiger partial charge in [-0.25, -0.2) is 4.98 Å². The molecule has 1 aromatic carbocycles. The summed E-state index contributed by atoms with van der Waals surface area (Å²) in [4.78, 5) is 21.2. The highest BCUT2D eigenvalue weighted by Crippen LogP contribution is 2.20. The Balaban J connectivity index is 0.00000156. The molecule has 3 rings (SSSR count). The predicted molar refractivity (Wildman–Crippen MR) is 108 cm³/mol. The highest BCUT2D eigenvalue weighted by atomic mass is 35.5. The molecule has 8 heteroatoms. The molecule has 25 heavy (non-hydrogen) atoms. The van der Waals surface area contributed by atoms with Crippen LogP contribution in [0.4, 0.5) is 5.13 Å². The lowest BCUT2D eigenvalue weighted by Gasteiger charge is -2.24. The Kier molecular flexibility index (Phi) is 8.65. The van der Waals surface area contributed by atoms with Crippen molar-refractivity contribution in [2.75, 3.05) is 31.1 Å². The second-order valence-corrected chi connectivity index (χ2v) is 6.74. The molecule has 1 aliphatic rings. The van der Waals surface area contributed by atoms with Crippen LogP contribution in [0, 0.1) is 6.92 Å². The number of benzene rings is 1. The summed E-state index contributed by atoms with van der Waals surface area (Å²) in [6.45, 7) is 5.20. The minimum atomic E-state index is -0.581. The molecule has 1 atom stereocenters. The van der Waals surface area contributed by atoms with Crippen molar-refractivity contribution >= 4 is 47.2 Å². The van der Waals surface area contributed by atoms with E-state index in [4.69, 9.17) is 5.73 Å². The van der Waals surface area contributed by atoms with E-state index in [2.05, 4.69) is 9.88 Å². The number of carbonyl (C=O) groups excluding carboxylic acids is 1. The molecule has 1 unspecified atom stereocenters. The highest BCUT2D eigenvalue weighted by Gasteiger charge is 2.25. The fraction of sp³-hybridized carbons (Fsp3) is 0.412. The fourth-order valence-electron chi connectivity index (χ4n) is 2.81. The summed E-state index contributed by atoms with van der Waals surface area (Å²) in [6, 6.07) is 7.29. The topological polar surface area (TPSA) is 62.5 Å². The van der Waals surface area contributed by atoms with Gasteiger partial charge in [-0.3, -0.25) is 4.79 Å². The zero-order valence-electron chi connectivity index (χ0n) is 14.1. The third kappa shape index (κ3) is 5.31. The first kappa shape index (κ1) is 21.7. The van der Waals surface area contributed by atoms with Crippen LogP contribution in [-0.4, -0.2) is 42.0 Å². The van der Waals surface area contributed by atoms with Gasteiger partial charge in [-0.15, -0.1) is 36.2 Å². The minimum Gasteiger partial charge on any atom is -0.346 e. The van der Waals surface area contributed by atoms with E-state index in [9.17, 15) is 4.79 Å². The number of hydrogen-bond donors (Lipinski definition) is 1. The van der Waals surface area contributed by atoms with E-state index in [1.54, 1.807) is 11.3 Å². The number of nitrogens with zero attached hydrogens (tertiary/aromatic N) is 3. The first-order valence-corrected chi connectivity index (χ1v) is 8.78. The van der Waals surface area contributed by atoms with Crippen LogP contribution in [0.3, 0.4) is 0 Å². The van der Waals surface area contributed by atoms with Gasteiger partial charge in [0.1, 0.15) is 6.04 Å². The Bertz CT molecular complexity index is 651. The van der Waals surface area contributed by atoms with E-state index in [1.165, 1.54) is 5.56 Å².